The van der Waals surface area contributed by atoms with Gasteiger partial charge in [-0.15, -0.1) is 0 Å². The maximum absolute atomic E-state index is 13.3. The molecule has 0 saturated heterocycles. The van der Waals surface area contributed by atoms with Crippen molar-refractivity contribution in [3.63, 3.8) is 0 Å². The quantitative estimate of drug-likeness (QED) is 0.254. The minimum Gasteiger partial charge on any atom is -0.480 e. The molecule has 0 aromatic heterocycles. The summed E-state index contributed by atoms with van der Waals surface area (Å²) in [6.45, 7) is 2.88. The van der Waals surface area contributed by atoms with Crippen LogP contribution in [0.4, 0.5) is 4.79 Å². The lowest BCUT2D eigenvalue weighted by Gasteiger charge is -2.27. The molecule has 3 N–H and O–H groups in total. The number of hydrogen-bond donors (Lipinski definition) is 3. The van der Waals surface area contributed by atoms with Gasteiger partial charge in [0.05, 0.1) is 0 Å². The standard InChI is InChI=1S/C32H42ClN3O6/c1-2-36(19-18-23-10-5-3-6-11-23)29(37)17-16-27(31(39)40)34-30(38)28(21-24-12-7-4-8-13-24)35-32(41)42-22-25-14-9-15-26(33)20-25/h3,5-6,9-11,14-15,20,24,27-28H,2,4,7-8,12-13,16-19,21-22H2,1H3,(H,34,38)(H,35,41)(H,39,40). The van der Waals surface area contributed by atoms with Gasteiger partial charge < -0.3 is 25.4 Å². The van der Waals surface area contributed by atoms with Crippen molar-refractivity contribution < 1.29 is 29.0 Å². The normalized spacial score (nSPS) is 14.8. The van der Waals surface area contributed by atoms with Gasteiger partial charge in [-0.1, -0.05) is 86.2 Å². The van der Waals surface area contributed by atoms with Crippen LogP contribution in [0.1, 0.15) is 69.4 Å². The summed E-state index contributed by atoms with van der Waals surface area (Å²) in [6.07, 6.45) is 5.34. The Bertz CT molecular complexity index is 1170. The smallest absolute Gasteiger partial charge is 0.408 e. The van der Waals surface area contributed by atoms with Crippen molar-refractivity contribution in [1.82, 2.24) is 15.5 Å². The Labute approximate surface area is 252 Å². The number of carbonyl (C=O) groups excluding carboxylic acids is 3. The Kier molecular flexibility index (Phi) is 13.6. The number of likely N-dealkylation sites (N-methyl/N-ethyl adjacent to an activating group) is 1. The van der Waals surface area contributed by atoms with E-state index in [-0.39, 0.29) is 31.3 Å². The van der Waals surface area contributed by atoms with E-state index in [9.17, 15) is 24.3 Å². The zero-order chi connectivity index (χ0) is 30.3. The van der Waals surface area contributed by atoms with Gasteiger partial charge in [0, 0.05) is 24.5 Å². The van der Waals surface area contributed by atoms with Crippen LogP contribution in [0.15, 0.2) is 54.6 Å². The number of carboxylic acids is 1. The number of nitrogens with one attached hydrogen (secondary N) is 2. The third kappa shape index (κ3) is 11.4. The number of ether oxygens (including phenoxy) is 1. The predicted octanol–water partition coefficient (Wildman–Crippen LogP) is 5.35. The Morgan fingerprint density at radius 2 is 1.69 bits per heavy atom. The van der Waals surface area contributed by atoms with E-state index >= 15 is 0 Å². The number of carbonyl (C=O) groups is 4. The molecule has 2 atom stereocenters. The molecule has 1 saturated carbocycles. The Balaban J connectivity index is 1.57. The number of nitrogens with zero attached hydrogens (tertiary/aromatic N) is 1. The van der Waals surface area contributed by atoms with Crippen molar-refractivity contribution in [3.8, 4) is 0 Å². The molecular weight excluding hydrogens is 558 g/mol. The lowest BCUT2D eigenvalue weighted by atomic mass is 9.84. The van der Waals surface area contributed by atoms with Crippen LogP contribution in [0.2, 0.25) is 5.02 Å². The van der Waals surface area contributed by atoms with Crippen molar-refractivity contribution in [2.75, 3.05) is 13.1 Å². The van der Waals surface area contributed by atoms with E-state index in [1.807, 2.05) is 37.3 Å². The highest BCUT2D eigenvalue weighted by Crippen LogP contribution is 2.27. The van der Waals surface area contributed by atoms with Gasteiger partial charge in [0.15, 0.2) is 0 Å². The minimum absolute atomic E-state index is 0.0255. The number of amides is 3. The number of rotatable bonds is 15. The van der Waals surface area contributed by atoms with E-state index in [1.165, 1.54) is 0 Å². The first kappa shape index (κ1) is 32.9. The summed E-state index contributed by atoms with van der Waals surface area (Å²) < 4.78 is 5.32. The lowest BCUT2D eigenvalue weighted by molar-refractivity contribution is -0.142. The monoisotopic (exact) mass is 599 g/mol. The summed E-state index contributed by atoms with van der Waals surface area (Å²) in [4.78, 5) is 52.6. The van der Waals surface area contributed by atoms with Crippen LogP contribution in [-0.4, -0.2) is 59.1 Å². The average molecular weight is 600 g/mol. The molecule has 2 unspecified atom stereocenters. The van der Waals surface area contributed by atoms with Gasteiger partial charge in [-0.3, -0.25) is 9.59 Å². The molecule has 0 spiro atoms. The third-order valence-electron chi connectivity index (χ3n) is 7.67. The first-order valence-corrected chi connectivity index (χ1v) is 15.2. The van der Waals surface area contributed by atoms with Crippen LogP contribution in [0, 0.1) is 5.92 Å². The summed E-state index contributed by atoms with van der Waals surface area (Å²) in [5, 5.41) is 15.6. The first-order valence-electron chi connectivity index (χ1n) is 14.8. The van der Waals surface area contributed by atoms with Crippen LogP contribution in [0.5, 0.6) is 0 Å². The van der Waals surface area contributed by atoms with Gasteiger partial charge in [0.1, 0.15) is 18.7 Å². The van der Waals surface area contributed by atoms with Crippen molar-refractivity contribution in [2.45, 2.75) is 83.4 Å². The number of halogens is 1. The number of benzene rings is 2. The molecule has 2 aromatic rings. The number of carboxylic acid groups (broad SMARTS) is 1. The molecule has 10 heteroatoms. The van der Waals surface area contributed by atoms with Crippen molar-refractivity contribution in [3.05, 3.63) is 70.7 Å². The minimum atomic E-state index is -1.27. The van der Waals surface area contributed by atoms with Crippen molar-refractivity contribution in [1.29, 1.82) is 0 Å². The lowest BCUT2D eigenvalue weighted by Crippen LogP contribution is -2.52. The fraction of sp³-hybridized carbons (Fsp3) is 0.500. The summed E-state index contributed by atoms with van der Waals surface area (Å²) in [5.74, 6) is -1.77. The van der Waals surface area contributed by atoms with Gasteiger partial charge in [0.2, 0.25) is 11.8 Å². The summed E-state index contributed by atoms with van der Waals surface area (Å²) in [7, 11) is 0. The summed E-state index contributed by atoms with van der Waals surface area (Å²) in [5.41, 5.74) is 1.81. The Morgan fingerprint density at radius 3 is 2.36 bits per heavy atom. The Hall–Kier alpha value is -3.59. The van der Waals surface area contributed by atoms with E-state index in [2.05, 4.69) is 10.6 Å². The van der Waals surface area contributed by atoms with E-state index in [4.69, 9.17) is 16.3 Å². The predicted molar refractivity (Wildman–Crippen MR) is 161 cm³/mol. The second-order valence-electron chi connectivity index (χ2n) is 10.8. The molecule has 3 amide bonds. The zero-order valence-electron chi connectivity index (χ0n) is 24.2. The fourth-order valence-corrected chi connectivity index (χ4v) is 5.48. The van der Waals surface area contributed by atoms with Gasteiger partial charge >= 0.3 is 12.1 Å². The fourth-order valence-electron chi connectivity index (χ4n) is 5.27. The van der Waals surface area contributed by atoms with E-state index in [1.54, 1.807) is 29.2 Å². The number of aliphatic carboxylic acids is 1. The van der Waals surface area contributed by atoms with Crippen LogP contribution in [0.3, 0.4) is 0 Å². The largest absolute Gasteiger partial charge is 0.480 e. The van der Waals surface area contributed by atoms with Gasteiger partial charge in [-0.25, -0.2) is 9.59 Å². The highest BCUT2D eigenvalue weighted by atomic mass is 35.5. The Morgan fingerprint density at radius 1 is 0.976 bits per heavy atom. The first-order chi connectivity index (χ1) is 20.2. The van der Waals surface area contributed by atoms with Gasteiger partial charge in [-0.2, -0.15) is 0 Å². The number of alkyl carbamates (subject to hydrolysis) is 1. The molecule has 0 bridgehead atoms. The second kappa shape index (κ2) is 17.4. The molecule has 1 aliphatic rings. The molecule has 2 aromatic carbocycles. The van der Waals surface area contributed by atoms with Crippen LogP contribution < -0.4 is 10.6 Å². The maximum atomic E-state index is 13.3. The molecule has 0 aliphatic heterocycles. The van der Waals surface area contributed by atoms with E-state index in [0.717, 1.165) is 37.7 Å². The van der Waals surface area contributed by atoms with Crippen molar-refractivity contribution >= 4 is 35.5 Å². The topological polar surface area (TPSA) is 125 Å². The molecule has 0 heterocycles. The third-order valence-corrected chi connectivity index (χ3v) is 7.91. The summed E-state index contributed by atoms with van der Waals surface area (Å²) in [6, 6.07) is 14.5. The average Bonchev–Trinajstić information content (AvgIpc) is 2.99. The molecular formula is C32H42ClN3O6. The van der Waals surface area contributed by atoms with Crippen LogP contribution >= 0.6 is 11.6 Å². The maximum Gasteiger partial charge on any atom is 0.408 e. The highest BCUT2D eigenvalue weighted by molar-refractivity contribution is 6.30. The SMILES string of the molecule is CCN(CCc1ccccc1)C(=O)CCC(NC(=O)C(CC1CCCCC1)NC(=O)OCc1cccc(Cl)c1)C(=O)O. The molecule has 228 valence electrons. The molecule has 1 aliphatic carbocycles. The van der Waals surface area contributed by atoms with Crippen LogP contribution in [-0.2, 0) is 32.1 Å². The van der Waals surface area contributed by atoms with Crippen molar-refractivity contribution in [2.24, 2.45) is 5.92 Å². The number of hydrogen-bond acceptors (Lipinski definition) is 5. The molecule has 1 fully saturated rings. The highest BCUT2D eigenvalue weighted by Gasteiger charge is 2.30. The second-order valence-corrected chi connectivity index (χ2v) is 11.2. The van der Waals surface area contributed by atoms with Gasteiger partial charge in [0.25, 0.3) is 0 Å². The zero-order valence-corrected chi connectivity index (χ0v) is 25.0. The summed E-state index contributed by atoms with van der Waals surface area (Å²) >= 11 is 6.00. The molecule has 3 rings (SSSR count). The van der Waals surface area contributed by atoms with E-state index in [0.29, 0.717) is 36.5 Å². The molecule has 0 radical (unpaired) electrons. The van der Waals surface area contributed by atoms with Crippen LogP contribution in [0.25, 0.3) is 0 Å². The van der Waals surface area contributed by atoms with Gasteiger partial charge in [-0.05, 0) is 55.4 Å². The van der Waals surface area contributed by atoms with E-state index < -0.39 is 30.1 Å². The molecule has 9 nitrogen and oxygen atoms in total. The molecule has 42 heavy (non-hydrogen) atoms.